The summed E-state index contributed by atoms with van der Waals surface area (Å²) in [6.07, 6.45) is 0.894. The molecule has 0 N–H and O–H groups in total. The highest BCUT2D eigenvalue weighted by molar-refractivity contribution is 9.10. The molecule has 0 fully saturated rings. The van der Waals surface area contributed by atoms with Gasteiger partial charge in [0.15, 0.2) is 0 Å². The van der Waals surface area contributed by atoms with Gasteiger partial charge in [-0.25, -0.2) is 0 Å². The zero-order chi connectivity index (χ0) is 12.7. The quantitative estimate of drug-likeness (QED) is 0.550. The minimum absolute atomic E-state index is 0.459. The molecule has 0 aliphatic heterocycles. The molecule has 0 bridgehead atoms. The van der Waals surface area contributed by atoms with Gasteiger partial charge in [-0.2, -0.15) is 0 Å². The summed E-state index contributed by atoms with van der Waals surface area (Å²) in [4.78, 5) is 0. The third-order valence-electron chi connectivity index (χ3n) is 2.34. The number of rotatable bonds is 7. The van der Waals surface area contributed by atoms with Crippen LogP contribution in [0.3, 0.4) is 0 Å². The second kappa shape index (κ2) is 7.96. The van der Waals surface area contributed by atoms with Gasteiger partial charge in [0.25, 0.3) is 0 Å². The molecular formula is C13H18BrClO2. The topological polar surface area (TPSA) is 18.5 Å². The first-order valence-electron chi connectivity index (χ1n) is 5.74. The van der Waals surface area contributed by atoms with Crippen molar-refractivity contribution in [3.8, 4) is 5.75 Å². The first kappa shape index (κ1) is 14.8. The van der Waals surface area contributed by atoms with Gasteiger partial charge in [-0.1, -0.05) is 15.9 Å². The Balaban J connectivity index is 2.57. The van der Waals surface area contributed by atoms with Crippen molar-refractivity contribution in [1.29, 1.82) is 0 Å². The molecule has 96 valence electrons. The highest BCUT2D eigenvalue weighted by atomic mass is 79.9. The van der Waals surface area contributed by atoms with Crippen LogP contribution in [0.4, 0.5) is 0 Å². The summed E-state index contributed by atoms with van der Waals surface area (Å²) in [5, 5.41) is 0. The average molecular weight is 322 g/mol. The van der Waals surface area contributed by atoms with E-state index < -0.39 is 0 Å². The van der Waals surface area contributed by atoms with E-state index in [4.69, 9.17) is 21.1 Å². The van der Waals surface area contributed by atoms with Crippen LogP contribution in [0.1, 0.15) is 24.5 Å². The summed E-state index contributed by atoms with van der Waals surface area (Å²) in [6.45, 7) is 6.17. The van der Waals surface area contributed by atoms with E-state index in [1.54, 1.807) is 0 Å². The van der Waals surface area contributed by atoms with Crippen molar-refractivity contribution in [3.05, 3.63) is 27.7 Å². The van der Waals surface area contributed by atoms with Crippen LogP contribution in [0.25, 0.3) is 0 Å². The lowest BCUT2D eigenvalue weighted by Gasteiger charge is -2.13. The summed E-state index contributed by atoms with van der Waals surface area (Å²) in [5.41, 5.74) is 2.13. The normalized spacial score (nSPS) is 10.6. The molecule has 1 aromatic rings. The van der Waals surface area contributed by atoms with Gasteiger partial charge in [-0.3, -0.25) is 0 Å². The van der Waals surface area contributed by atoms with Crippen LogP contribution in [0.2, 0.25) is 0 Å². The minimum Gasteiger partial charge on any atom is -0.493 e. The van der Waals surface area contributed by atoms with Crippen LogP contribution >= 0.6 is 27.5 Å². The Morgan fingerprint density at radius 1 is 1.29 bits per heavy atom. The summed E-state index contributed by atoms with van der Waals surface area (Å²) in [7, 11) is 0. The van der Waals surface area contributed by atoms with Crippen molar-refractivity contribution in [1.82, 2.24) is 0 Å². The predicted octanol–water partition coefficient (Wildman–Crippen LogP) is 4.30. The van der Waals surface area contributed by atoms with Crippen molar-refractivity contribution < 1.29 is 9.47 Å². The SMILES string of the molecule is CCOCCCOc1c(C)cc(Br)cc1CCl. The Bertz CT molecular complexity index is 356. The number of halogens is 2. The van der Waals surface area contributed by atoms with Gasteiger partial charge in [-0.15, -0.1) is 11.6 Å². The van der Waals surface area contributed by atoms with Crippen molar-refractivity contribution in [2.45, 2.75) is 26.1 Å². The molecule has 0 amide bonds. The molecule has 0 saturated heterocycles. The minimum atomic E-state index is 0.459. The van der Waals surface area contributed by atoms with Crippen LogP contribution in [0, 0.1) is 6.92 Å². The molecule has 0 aromatic heterocycles. The lowest BCUT2D eigenvalue weighted by Crippen LogP contribution is -2.05. The van der Waals surface area contributed by atoms with Gasteiger partial charge in [0.05, 0.1) is 12.5 Å². The molecule has 0 aliphatic carbocycles. The van der Waals surface area contributed by atoms with E-state index in [1.165, 1.54) is 0 Å². The fourth-order valence-electron chi connectivity index (χ4n) is 1.58. The number of aryl methyl sites for hydroxylation is 1. The summed E-state index contributed by atoms with van der Waals surface area (Å²) >= 11 is 9.37. The van der Waals surface area contributed by atoms with Gasteiger partial charge < -0.3 is 9.47 Å². The molecule has 0 atom stereocenters. The number of ether oxygens (including phenoxy) is 2. The molecule has 0 aliphatic rings. The van der Waals surface area contributed by atoms with Crippen molar-refractivity contribution >= 4 is 27.5 Å². The molecule has 0 spiro atoms. The zero-order valence-corrected chi connectivity index (χ0v) is 12.6. The summed E-state index contributed by atoms with van der Waals surface area (Å²) in [6, 6.07) is 4.03. The number of benzene rings is 1. The van der Waals surface area contributed by atoms with E-state index in [-0.39, 0.29) is 0 Å². The highest BCUT2D eigenvalue weighted by Crippen LogP contribution is 2.29. The van der Waals surface area contributed by atoms with Crippen molar-refractivity contribution in [3.63, 3.8) is 0 Å². The lowest BCUT2D eigenvalue weighted by molar-refractivity contribution is 0.130. The molecule has 0 heterocycles. The summed E-state index contributed by atoms with van der Waals surface area (Å²) in [5.74, 6) is 1.36. The van der Waals surface area contributed by atoms with Crippen molar-refractivity contribution in [2.75, 3.05) is 19.8 Å². The molecule has 1 aromatic carbocycles. The van der Waals surface area contributed by atoms with Gasteiger partial charge in [0.1, 0.15) is 5.75 Å². The summed E-state index contributed by atoms with van der Waals surface area (Å²) < 4.78 is 12.1. The predicted molar refractivity (Wildman–Crippen MR) is 75.0 cm³/mol. The molecule has 0 unspecified atom stereocenters. The second-order valence-electron chi connectivity index (χ2n) is 3.74. The first-order valence-corrected chi connectivity index (χ1v) is 7.07. The molecule has 0 saturated carbocycles. The maximum atomic E-state index is 5.91. The second-order valence-corrected chi connectivity index (χ2v) is 4.93. The highest BCUT2D eigenvalue weighted by Gasteiger charge is 2.08. The van der Waals surface area contributed by atoms with E-state index in [1.807, 2.05) is 26.0 Å². The fourth-order valence-corrected chi connectivity index (χ4v) is 2.40. The number of alkyl halides is 1. The van der Waals surface area contributed by atoms with Crippen molar-refractivity contribution in [2.24, 2.45) is 0 Å². The third kappa shape index (κ3) is 4.86. The monoisotopic (exact) mass is 320 g/mol. The van der Waals surface area contributed by atoms with E-state index in [0.717, 1.165) is 41.0 Å². The lowest BCUT2D eigenvalue weighted by atomic mass is 10.1. The molecule has 2 nitrogen and oxygen atoms in total. The molecule has 17 heavy (non-hydrogen) atoms. The van der Waals surface area contributed by atoms with E-state index in [2.05, 4.69) is 15.9 Å². The van der Waals surface area contributed by atoms with Crippen LogP contribution in [-0.2, 0) is 10.6 Å². The molecule has 1 rings (SSSR count). The Morgan fingerprint density at radius 2 is 2.06 bits per heavy atom. The standard InChI is InChI=1S/C13H18BrClO2/c1-3-16-5-4-6-17-13-10(2)7-12(14)8-11(13)9-15/h7-8H,3-6,9H2,1-2H3. The van der Waals surface area contributed by atoms with E-state index in [0.29, 0.717) is 12.5 Å². The number of hydrogen-bond acceptors (Lipinski definition) is 2. The maximum absolute atomic E-state index is 5.91. The van der Waals surface area contributed by atoms with Crippen LogP contribution in [0.5, 0.6) is 5.75 Å². The smallest absolute Gasteiger partial charge is 0.126 e. The van der Waals surface area contributed by atoms with Crippen LogP contribution in [-0.4, -0.2) is 19.8 Å². The number of hydrogen-bond donors (Lipinski definition) is 0. The Hall–Kier alpha value is -0.250. The largest absolute Gasteiger partial charge is 0.493 e. The third-order valence-corrected chi connectivity index (χ3v) is 3.09. The van der Waals surface area contributed by atoms with Crippen LogP contribution in [0.15, 0.2) is 16.6 Å². The average Bonchev–Trinajstić information content (AvgIpc) is 2.30. The molecule has 0 radical (unpaired) electrons. The molecule has 4 heteroatoms. The molecular weight excluding hydrogens is 303 g/mol. The van der Waals surface area contributed by atoms with E-state index >= 15 is 0 Å². The maximum Gasteiger partial charge on any atom is 0.126 e. The Kier molecular flexibility index (Phi) is 6.93. The van der Waals surface area contributed by atoms with Crippen LogP contribution < -0.4 is 4.74 Å². The van der Waals surface area contributed by atoms with E-state index in [9.17, 15) is 0 Å². The fraction of sp³-hybridized carbons (Fsp3) is 0.538. The van der Waals surface area contributed by atoms with Gasteiger partial charge >= 0.3 is 0 Å². The zero-order valence-electron chi connectivity index (χ0n) is 10.3. The first-order chi connectivity index (χ1) is 8.19. The Labute approximate surface area is 116 Å². The Morgan fingerprint density at radius 3 is 2.71 bits per heavy atom. The van der Waals surface area contributed by atoms with Gasteiger partial charge in [0, 0.05) is 29.7 Å². The van der Waals surface area contributed by atoms with Gasteiger partial charge in [-0.05, 0) is 31.5 Å². The van der Waals surface area contributed by atoms with Gasteiger partial charge in [0.2, 0.25) is 0 Å².